The van der Waals surface area contributed by atoms with Crippen LogP contribution in [0, 0.1) is 0 Å². The molecule has 1 aromatic heterocycles. The van der Waals surface area contributed by atoms with E-state index in [4.69, 9.17) is 4.74 Å². The summed E-state index contributed by atoms with van der Waals surface area (Å²) in [5.41, 5.74) is 3.33. The Labute approximate surface area is 193 Å². The molecule has 5 rings (SSSR count). The highest BCUT2D eigenvalue weighted by Gasteiger charge is 2.32. The van der Waals surface area contributed by atoms with Crippen LogP contribution in [0.3, 0.4) is 0 Å². The first-order valence-corrected chi connectivity index (χ1v) is 11.4. The summed E-state index contributed by atoms with van der Waals surface area (Å²) < 4.78 is 6.03. The summed E-state index contributed by atoms with van der Waals surface area (Å²) in [4.78, 5) is 21.9. The number of aromatic nitrogens is 1. The number of fused-ring (bicyclic) bond motifs is 1. The third-order valence-corrected chi connectivity index (χ3v) is 6.33. The summed E-state index contributed by atoms with van der Waals surface area (Å²) in [6.07, 6.45) is 4.55. The number of ether oxygens (including phenoxy) is 1. The van der Waals surface area contributed by atoms with E-state index < -0.39 is 0 Å². The number of aryl methyl sites for hydroxylation is 1. The minimum Gasteiger partial charge on any atom is -0.507 e. The van der Waals surface area contributed by atoms with Gasteiger partial charge in [-0.2, -0.15) is 0 Å². The zero-order chi connectivity index (χ0) is 22.8. The summed E-state index contributed by atoms with van der Waals surface area (Å²) in [5, 5.41) is 10.6. The maximum Gasteiger partial charge on any atom is 0.231 e. The highest BCUT2D eigenvalue weighted by Crippen LogP contribution is 2.40. The molecule has 2 aliphatic rings. The molecule has 3 heterocycles. The summed E-state index contributed by atoms with van der Waals surface area (Å²) in [6, 6.07) is 17.3. The van der Waals surface area contributed by atoms with Gasteiger partial charge < -0.3 is 14.7 Å². The van der Waals surface area contributed by atoms with Crippen LogP contribution in [0.15, 0.2) is 66.6 Å². The molecule has 2 aliphatic heterocycles. The van der Waals surface area contributed by atoms with E-state index in [1.54, 1.807) is 18.2 Å². The number of phenolic OH excluding ortho intramolecular Hbond substituents is 1. The molecule has 0 atom stereocenters. The topological polar surface area (TPSA) is 65.9 Å². The number of ketones is 1. The second kappa shape index (κ2) is 9.08. The first kappa shape index (κ1) is 21.2. The second-order valence-corrected chi connectivity index (χ2v) is 8.43. The van der Waals surface area contributed by atoms with Gasteiger partial charge in [-0.1, -0.05) is 37.3 Å². The molecule has 2 aromatic carbocycles. The number of anilines is 1. The monoisotopic (exact) mass is 441 g/mol. The van der Waals surface area contributed by atoms with E-state index >= 15 is 0 Å². The summed E-state index contributed by atoms with van der Waals surface area (Å²) in [7, 11) is 0. The first-order chi connectivity index (χ1) is 16.1. The van der Waals surface area contributed by atoms with Gasteiger partial charge in [0, 0.05) is 38.9 Å². The van der Waals surface area contributed by atoms with Crippen LogP contribution in [0.5, 0.6) is 11.5 Å². The van der Waals surface area contributed by atoms with Crippen molar-refractivity contribution in [1.29, 1.82) is 0 Å². The maximum atomic E-state index is 13.0. The molecule has 6 heteroatoms. The van der Waals surface area contributed by atoms with Crippen LogP contribution in [0.4, 0.5) is 5.82 Å². The zero-order valence-electron chi connectivity index (χ0n) is 18.7. The smallest absolute Gasteiger partial charge is 0.231 e. The molecule has 6 nitrogen and oxygen atoms in total. The van der Waals surface area contributed by atoms with Gasteiger partial charge in [-0.3, -0.25) is 9.69 Å². The van der Waals surface area contributed by atoms with Gasteiger partial charge in [0.2, 0.25) is 5.78 Å². The van der Waals surface area contributed by atoms with Crippen molar-refractivity contribution in [3.8, 4) is 11.5 Å². The fourth-order valence-electron chi connectivity index (χ4n) is 4.35. The van der Waals surface area contributed by atoms with Crippen molar-refractivity contribution < 1.29 is 14.6 Å². The molecule has 0 aliphatic carbocycles. The lowest BCUT2D eigenvalue weighted by atomic mass is 10.0. The molecule has 3 aromatic rings. The van der Waals surface area contributed by atoms with Crippen molar-refractivity contribution in [3.63, 3.8) is 0 Å². The molecule has 1 saturated heterocycles. The molecule has 0 saturated carbocycles. The van der Waals surface area contributed by atoms with Crippen molar-refractivity contribution in [2.24, 2.45) is 0 Å². The van der Waals surface area contributed by atoms with Crippen molar-refractivity contribution in [2.75, 3.05) is 31.1 Å². The second-order valence-electron chi connectivity index (χ2n) is 8.43. The number of Topliss-reactive ketones (excluding diaryl/α,β-unsaturated/α-hetero) is 1. The SMILES string of the molecule is CCc1ccc(/C=C2/Oc3c(ccc(O)c3CN3CCN(c4ccccn4)CC3)C2=O)cc1. The highest BCUT2D eigenvalue weighted by molar-refractivity contribution is 6.15. The van der Waals surface area contributed by atoms with Crippen molar-refractivity contribution in [2.45, 2.75) is 19.9 Å². The molecule has 1 fully saturated rings. The van der Waals surface area contributed by atoms with E-state index in [0.29, 0.717) is 29.2 Å². The van der Waals surface area contributed by atoms with Gasteiger partial charge in [0.15, 0.2) is 5.76 Å². The summed E-state index contributed by atoms with van der Waals surface area (Å²) in [5.74, 6) is 1.76. The lowest BCUT2D eigenvalue weighted by Crippen LogP contribution is -2.46. The third-order valence-electron chi connectivity index (χ3n) is 6.33. The fourth-order valence-corrected chi connectivity index (χ4v) is 4.35. The van der Waals surface area contributed by atoms with Crippen molar-refractivity contribution in [3.05, 3.63) is 88.8 Å². The van der Waals surface area contributed by atoms with Crippen LogP contribution in [0.1, 0.15) is 34.0 Å². The molecule has 0 unspecified atom stereocenters. The standard InChI is InChI=1S/C27H27N3O3/c1-2-19-6-8-20(9-7-19)17-24-26(32)21-10-11-23(31)22(27(21)33-24)18-29-13-15-30(16-14-29)25-5-3-4-12-28-25/h3-12,17,31H,2,13-16,18H2,1H3/b24-17+. The first-order valence-electron chi connectivity index (χ1n) is 11.4. The molecule has 33 heavy (non-hydrogen) atoms. The Morgan fingerprint density at radius 1 is 1.03 bits per heavy atom. The molecule has 0 bridgehead atoms. The van der Waals surface area contributed by atoms with E-state index in [0.717, 1.165) is 44.0 Å². The Kier molecular flexibility index (Phi) is 5.84. The van der Waals surface area contributed by atoms with E-state index in [2.05, 4.69) is 33.8 Å². The maximum absolute atomic E-state index is 13.0. The summed E-state index contributed by atoms with van der Waals surface area (Å²) in [6.45, 7) is 6.01. The van der Waals surface area contributed by atoms with Crippen LogP contribution in [0.2, 0.25) is 0 Å². The number of carbonyl (C=O) groups is 1. The Balaban J connectivity index is 1.32. The average Bonchev–Trinajstić information content (AvgIpc) is 3.17. The molecular formula is C27H27N3O3. The summed E-state index contributed by atoms with van der Waals surface area (Å²) >= 11 is 0. The highest BCUT2D eigenvalue weighted by atomic mass is 16.5. The normalized spacial score (nSPS) is 17.3. The molecule has 0 amide bonds. The van der Waals surface area contributed by atoms with Gasteiger partial charge in [0.25, 0.3) is 0 Å². The van der Waals surface area contributed by atoms with Gasteiger partial charge in [0.05, 0.1) is 11.1 Å². The van der Waals surface area contributed by atoms with Gasteiger partial charge in [-0.05, 0) is 47.9 Å². The average molecular weight is 442 g/mol. The van der Waals surface area contributed by atoms with Crippen molar-refractivity contribution in [1.82, 2.24) is 9.88 Å². The number of benzene rings is 2. The number of hydrogen-bond donors (Lipinski definition) is 1. The molecule has 0 radical (unpaired) electrons. The van der Waals surface area contributed by atoms with E-state index in [-0.39, 0.29) is 11.5 Å². The lowest BCUT2D eigenvalue weighted by molar-refractivity contribution is 0.101. The van der Waals surface area contributed by atoms with E-state index in [1.807, 2.05) is 36.5 Å². The van der Waals surface area contributed by atoms with Gasteiger partial charge in [-0.15, -0.1) is 0 Å². The number of hydrogen-bond acceptors (Lipinski definition) is 6. The molecule has 168 valence electrons. The Hall–Kier alpha value is -3.64. The largest absolute Gasteiger partial charge is 0.507 e. The Bertz CT molecular complexity index is 1180. The minimum absolute atomic E-state index is 0.147. The minimum atomic E-state index is -0.147. The quantitative estimate of drug-likeness (QED) is 0.596. The third kappa shape index (κ3) is 4.34. The predicted octanol–water partition coefficient (Wildman–Crippen LogP) is 4.29. The number of aromatic hydroxyl groups is 1. The number of piperazine rings is 1. The van der Waals surface area contributed by atoms with Crippen molar-refractivity contribution >= 4 is 17.7 Å². The predicted molar refractivity (Wildman–Crippen MR) is 129 cm³/mol. The fraction of sp³-hybridized carbons (Fsp3) is 0.259. The van der Waals surface area contributed by atoms with Gasteiger partial charge in [0.1, 0.15) is 17.3 Å². The Morgan fingerprint density at radius 2 is 1.82 bits per heavy atom. The lowest BCUT2D eigenvalue weighted by Gasteiger charge is -2.35. The van der Waals surface area contributed by atoms with Gasteiger partial charge in [-0.25, -0.2) is 4.98 Å². The van der Waals surface area contributed by atoms with E-state index in [1.165, 1.54) is 5.56 Å². The van der Waals surface area contributed by atoms with E-state index in [9.17, 15) is 9.90 Å². The number of allylic oxidation sites excluding steroid dienone is 1. The van der Waals surface area contributed by atoms with Crippen LogP contribution >= 0.6 is 0 Å². The van der Waals surface area contributed by atoms with Crippen LogP contribution in [-0.2, 0) is 13.0 Å². The number of nitrogens with zero attached hydrogens (tertiary/aromatic N) is 3. The van der Waals surface area contributed by atoms with Gasteiger partial charge >= 0.3 is 0 Å². The zero-order valence-corrected chi connectivity index (χ0v) is 18.7. The number of rotatable bonds is 5. The van der Waals surface area contributed by atoms with Crippen LogP contribution in [0.25, 0.3) is 6.08 Å². The number of pyridine rings is 1. The molecule has 1 N–H and O–H groups in total. The molecule has 0 spiro atoms. The number of phenols is 1. The van der Waals surface area contributed by atoms with Crippen LogP contribution < -0.4 is 9.64 Å². The number of carbonyl (C=O) groups excluding carboxylic acids is 1. The molecular weight excluding hydrogens is 414 g/mol. The Morgan fingerprint density at radius 3 is 2.52 bits per heavy atom. The van der Waals surface area contributed by atoms with Crippen LogP contribution in [-0.4, -0.2) is 47.0 Å².